The molecule has 0 N–H and O–H groups in total. The molecule has 0 aromatic carbocycles. The van der Waals surface area contributed by atoms with E-state index in [1.165, 1.54) is 0 Å². The summed E-state index contributed by atoms with van der Waals surface area (Å²) in [6.07, 6.45) is 7.48. The third-order valence-electron chi connectivity index (χ3n) is 3.26. The molecule has 0 radical (unpaired) electrons. The molecule has 2 aromatic heterocycles. The minimum Gasteiger partial charge on any atom is -0.458 e. The second-order valence-electron chi connectivity index (χ2n) is 4.85. The molecule has 22 heavy (non-hydrogen) atoms. The van der Waals surface area contributed by atoms with Crippen LogP contribution in [0.1, 0.15) is 11.3 Å². The zero-order chi connectivity index (χ0) is 15.4. The van der Waals surface area contributed by atoms with Gasteiger partial charge in [0.25, 0.3) is 0 Å². The highest BCUT2D eigenvalue weighted by Crippen LogP contribution is 2.17. The number of carbonyl (C=O) groups excluding carboxylic acids is 1. The van der Waals surface area contributed by atoms with Crippen molar-refractivity contribution in [2.45, 2.75) is 12.5 Å². The monoisotopic (exact) mass is 379 g/mol. The summed E-state index contributed by atoms with van der Waals surface area (Å²) in [6, 6.07) is 4.29. The highest BCUT2D eigenvalue weighted by Gasteiger charge is 2.27. The zero-order valence-electron chi connectivity index (χ0n) is 11.7. The van der Waals surface area contributed by atoms with Gasteiger partial charge in [-0.1, -0.05) is 6.07 Å². The fraction of sp³-hybridized carbons (Fsp3) is 0.267. The van der Waals surface area contributed by atoms with Crippen LogP contribution < -0.4 is 4.74 Å². The molecule has 5 nitrogen and oxygen atoms in total. The van der Waals surface area contributed by atoms with Gasteiger partial charge >= 0.3 is 6.01 Å². The molecule has 1 unspecified atom stereocenters. The first-order valence-electron chi connectivity index (χ1n) is 6.85. The Hall–Kier alpha value is -1.73. The second-order valence-corrected chi connectivity index (χ2v) is 6.74. The normalized spacial score (nSPS) is 18.0. The van der Waals surface area contributed by atoms with Crippen molar-refractivity contribution in [3.05, 3.63) is 45.3 Å². The van der Waals surface area contributed by atoms with Gasteiger partial charge in [-0.3, -0.25) is 4.79 Å². The topological polar surface area (TPSA) is 55.3 Å². The van der Waals surface area contributed by atoms with E-state index in [1.807, 2.05) is 23.6 Å². The van der Waals surface area contributed by atoms with Crippen LogP contribution in [0.15, 0.2) is 40.5 Å². The van der Waals surface area contributed by atoms with Gasteiger partial charge in [0.05, 0.1) is 11.0 Å². The first kappa shape index (κ1) is 15.2. The Balaban J connectivity index is 1.53. The maximum Gasteiger partial charge on any atom is 0.316 e. The quantitative estimate of drug-likeness (QED) is 0.766. The lowest BCUT2D eigenvalue weighted by Crippen LogP contribution is -2.29. The van der Waals surface area contributed by atoms with E-state index >= 15 is 0 Å². The summed E-state index contributed by atoms with van der Waals surface area (Å²) in [5.74, 6) is 0.0104. The molecule has 1 aliphatic heterocycles. The van der Waals surface area contributed by atoms with E-state index in [0.29, 0.717) is 19.1 Å². The molecule has 0 saturated carbocycles. The summed E-state index contributed by atoms with van der Waals surface area (Å²) in [6.45, 7) is 1.25. The van der Waals surface area contributed by atoms with Crippen molar-refractivity contribution >= 4 is 39.2 Å². The summed E-state index contributed by atoms with van der Waals surface area (Å²) in [4.78, 5) is 23.2. The van der Waals surface area contributed by atoms with Crippen LogP contribution in [0.4, 0.5) is 0 Å². The molecule has 2 aromatic rings. The van der Waals surface area contributed by atoms with Crippen LogP contribution in [0.3, 0.4) is 0 Å². The highest BCUT2D eigenvalue weighted by molar-refractivity contribution is 9.10. The predicted octanol–water partition coefficient (Wildman–Crippen LogP) is 2.99. The number of rotatable bonds is 4. The molecule has 1 saturated heterocycles. The number of carbonyl (C=O) groups is 1. The third kappa shape index (κ3) is 3.92. The van der Waals surface area contributed by atoms with Crippen molar-refractivity contribution in [3.63, 3.8) is 0 Å². The van der Waals surface area contributed by atoms with Crippen LogP contribution in [0.25, 0.3) is 6.08 Å². The van der Waals surface area contributed by atoms with Crippen LogP contribution in [0, 0.1) is 0 Å². The van der Waals surface area contributed by atoms with Gasteiger partial charge in [0, 0.05) is 36.3 Å². The van der Waals surface area contributed by atoms with Gasteiger partial charge in [0.1, 0.15) is 6.10 Å². The molecule has 0 bridgehead atoms. The SMILES string of the molecule is O=C(C=Cc1cccs1)N1CCC(Oc2ncc(Br)cn2)C1. The van der Waals surface area contributed by atoms with Crippen LogP contribution in [-0.4, -0.2) is 40.0 Å². The maximum absolute atomic E-state index is 12.1. The molecule has 1 fully saturated rings. The minimum atomic E-state index is -0.0553. The van der Waals surface area contributed by atoms with Crippen molar-refractivity contribution < 1.29 is 9.53 Å². The van der Waals surface area contributed by atoms with Gasteiger partial charge in [0.15, 0.2) is 0 Å². The van der Waals surface area contributed by atoms with Gasteiger partial charge in [-0.15, -0.1) is 11.3 Å². The Kier molecular flexibility index (Phi) is 4.84. The van der Waals surface area contributed by atoms with E-state index in [-0.39, 0.29) is 12.0 Å². The number of aromatic nitrogens is 2. The number of hydrogen-bond donors (Lipinski definition) is 0. The highest BCUT2D eigenvalue weighted by atomic mass is 79.9. The molecule has 1 aliphatic rings. The van der Waals surface area contributed by atoms with Crippen LogP contribution in [-0.2, 0) is 4.79 Å². The Bertz CT molecular complexity index is 658. The number of ether oxygens (including phenoxy) is 1. The van der Waals surface area contributed by atoms with Crippen LogP contribution in [0.2, 0.25) is 0 Å². The molecule has 1 atom stereocenters. The fourth-order valence-corrected chi connectivity index (χ4v) is 3.00. The molecule has 1 amide bonds. The Morgan fingerprint density at radius 3 is 3.00 bits per heavy atom. The Morgan fingerprint density at radius 2 is 2.27 bits per heavy atom. The lowest BCUT2D eigenvalue weighted by Gasteiger charge is -2.14. The van der Waals surface area contributed by atoms with Crippen molar-refractivity contribution in [2.24, 2.45) is 0 Å². The number of likely N-dealkylation sites (tertiary alicyclic amines) is 1. The number of thiophene rings is 1. The van der Waals surface area contributed by atoms with Gasteiger partial charge in [-0.2, -0.15) is 0 Å². The summed E-state index contributed by atoms with van der Waals surface area (Å²) >= 11 is 4.89. The summed E-state index contributed by atoms with van der Waals surface area (Å²) in [5.41, 5.74) is 0. The number of nitrogens with zero attached hydrogens (tertiary/aromatic N) is 3. The van der Waals surface area contributed by atoms with Crippen LogP contribution in [0.5, 0.6) is 6.01 Å². The fourth-order valence-electron chi connectivity index (χ4n) is 2.18. The summed E-state index contributed by atoms with van der Waals surface area (Å²) in [5, 5.41) is 1.99. The molecular formula is C15H14BrN3O2S. The largest absolute Gasteiger partial charge is 0.458 e. The van der Waals surface area contributed by atoms with Crippen LogP contribution >= 0.6 is 27.3 Å². The van der Waals surface area contributed by atoms with E-state index in [2.05, 4.69) is 25.9 Å². The Labute approximate surface area is 140 Å². The van der Waals surface area contributed by atoms with Gasteiger partial charge in [-0.05, 0) is 33.5 Å². The second kappa shape index (κ2) is 7.02. The smallest absolute Gasteiger partial charge is 0.316 e. The summed E-state index contributed by atoms with van der Waals surface area (Å²) < 4.78 is 6.51. The maximum atomic E-state index is 12.1. The molecule has 0 spiro atoms. The van der Waals surface area contributed by atoms with Gasteiger partial charge < -0.3 is 9.64 Å². The molecule has 0 aliphatic carbocycles. The number of hydrogen-bond acceptors (Lipinski definition) is 5. The van der Waals surface area contributed by atoms with E-state index in [0.717, 1.165) is 15.8 Å². The third-order valence-corrected chi connectivity index (χ3v) is 4.51. The molecule has 3 rings (SSSR count). The van der Waals surface area contributed by atoms with E-state index in [4.69, 9.17) is 4.74 Å². The lowest BCUT2D eigenvalue weighted by atomic mass is 10.3. The Morgan fingerprint density at radius 1 is 1.45 bits per heavy atom. The van der Waals surface area contributed by atoms with Gasteiger partial charge in [-0.25, -0.2) is 9.97 Å². The van der Waals surface area contributed by atoms with E-state index in [9.17, 15) is 4.79 Å². The van der Waals surface area contributed by atoms with E-state index < -0.39 is 0 Å². The number of halogens is 1. The predicted molar refractivity (Wildman–Crippen MR) is 88.7 cm³/mol. The zero-order valence-corrected chi connectivity index (χ0v) is 14.1. The average molecular weight is 380 g/mol. The van der Waals surface area contributed by atoms with Crippen molar-refractivity contribution in [3.8, 4) is 6.01 Å². The molecule has 7 heteroatoms. The average Bonchev–Trinajstić information content (AvgIpc) is 3.19. The first-order valence-corrected chi connectivity index (χ1v) is 8.52. The van der Waals surface area contributed by atoms with Crippen molar-refractivity contribution in [1.82, 2.24) is 14.9 Å². The van der Waals surface area contributed by atoms with Crippen molar-refractivity contribution in [1.29, 1.82) is 0 Å². The van der Waals surface area contributed by atoms with E-state index in [1.54, 1.807) is 34.7 Å². The van der Waals surface area contributed by atoms with Crippen molar-refractivity contribution in [2.75, 3.05) is 13.1 Å². The standard InChI is InChI=1S/C15H14BrN3O2S/c16-11-8-17-15(18-9-11)21-12-5-6-19(10-12)14(20)4-3-13-2-1-7-22-13/h1-4,7-9,12H,5-6,10H2. The first-order chi connectivity index (χ1) is 10.7. The minimum absolute atomic E-state index is 0.0104. The molecule has 114 valence electrons. The number of amides is 1. The lowest BCUT2D eigenvalue weighted by molar-refractivity contribution is -0.125. The summed E-state index contributed by atoms with van der Waals surface area (Å²) in [7, 11) is 0. The molecular weight excluding hydrogens is 366 g/mol. The van der Waals surface area contributed by atoms with Gasteiger partial charge in [0.2, 0.25) is 5.91 Å². The molecule has 3 heterocycles.